The Morgan fingerprint density at radius 1 is 1.04 bits per heavy atom. The molecule has 5 heteroatoms. The van der Waals surface area contributed by atoms with Crippen molar-refractivity contribution < 1.29 is 14.3 Å². The smallest absolute Gasteiger partial charge is 0.308 e. The largest absolute Gasteiger partial charge is 0.426 e. The lowest BCUT2D eigenvalue weighted by Crippen LogP contribution is -2.46. The molecule has 0 aliphatic heterocycles. The Balaban J connectivity index is 2.40. The van der Waals surface area contributed by atoms with E-state index in [1.54, 1.807) is 37.3 Å². The fraction of sp³-hybridized carbons (Fsp3) is 0.182. The van der Waals surface area contributed by atoms with Crippen LogP contribution in [0.4, 0.5) is 0 Å². The number of carbonyl (C=O) groups is 2. The van der Waals surface area contributed by atoms with Gasteiger partial charge in [-0.1, -0.05) is 61.0 Å². The van der Waals surface area contributed by atoms with Crippen LogP contribution in [0.2, 0.25) is 5.02 Å². The van der Waals surface area contributed by atoms with Gasteiger partial charge in [0.05, 0.1) is 0 Å². The zero-order valence-electron chi connectivity index (χ0n) is 15.2. The summed E-state index contributed by atoms with van der Waals surface area (Å²) in [5, 5.41) is 2.20. The Morgan fingerprint density at radius 2 is 1.70 bits per heavy atom. The van der Waals surface area contributed by atoms with Gasteiger partial charge >= 0.3 is 5.97 Å². The maximum atomic E-state index is 13.1. The molecule has 0 radical (unpaired) electrons. The second kappa shape index (κ2) is 7.51. The van der Waals surface area contributed by atoms with E-state index < -0.39 is 11.5 Å². The molecule has 0 amide bonds. The molecule has 0 heterocycles. The lowest BCUT2D eigenvalue weighted by molar-refractivity contribution is -0.132. The van der Waals surface area contributed by atoms with Crippen LogP contribution in [0.25, 0.3) is 10.8 Å². The molecule has 0 bridgehead atoms. The third-order valence-corrected chi connectivity index (χ3v) is 4.85. The summed E-state index contributed by atoms with van der Waals surface area (Å²) in [4.78, 5) is 24.8. The molecule has 1 unspecified atom stereocenters. The molecule has 0 spiro atoms. The monoisotopic (exact) mass is 381 g/mol. The van der Waals surface area contributed by atoms with E-state index in [-0.39, 0.29) is 18.0 Å². The van der Waals surface area contributed by atoms with Gasteiger partial charge in [-0.2, -0.15) is 0 Å². The van der Waals surface area contributed by atoms with E-state index in [1.165, 1.54) is 6.92 Å². The van der Waals surface area contributed by atoms with Gasteiger partial charge in [0.2, 0.25) is 0 Å². The second-order valence-electron chi connectivity index (χ2n) is 6.35. The standard InChI is InChI=1S/C22H20ClNO3/c1-3-20(26)22(24,16-9-11-17(23)12-10-16)21-18-7-5-4-6-15(18)8-13-19(21)27-14(2)25/h4-13H,3,24H2,1-2H3. The molecule has 0 fully saturated rings. The highest BCUT2D eigenvalue weighted by molar-refractivity contribution is 6.30. The quantitative estimate of drug-likeness (QED) is 0.518. The summed E-state index contributed by atoms with van der Waals surface area (Å²) in [7, 11) is 0. The van der Waals surface area contributed by atoms with Gasteiger partial charge in [0.1, 0.15) is 11.3 Å². The lowest BCUT2D eigenvalue weighted by Gasteiger charge is -2.31. The molecule has 2 N–H and O–H groups in total. The summed E-state index contributed by atoms with van der Waals surface area (Å²) in [5.74, 6) is -0.385. The highest BCUT2D eigenvalue weighted by atomic mass is 35.5. The zero-order valence-corrected chi connectivity index (χ0v) is 15.9. The SMILES string of the molecule is CCC(=O)C(N)(c1ccc(Cl)cc1)c1c(OC(C)=O)ccc2ccccc12. The van der Waals surface area contributed by atoms with Crippen LogP contribution in [0.1, 0.15) is 31.4 Å². The Bertz CT molecular complexity index is 1010. The molecule has 138 valence electrons. The molecule has 0 aliphatic rings. The number of ketones is 1. The average molecular weight is 382 g/mol. The molecule has 3 rings (SSSR count). The minimum atomic E-state index is -1.48. The Morgan fingerprint density at radius 3 is 2.33 bits per heavy atom. The Labute approximate surface area is 162 Å². The highest BCUT2D eigenvalue weighted by Gasteiger charge is 2.40. The third kappa shape index (κ3) is 3.46. The number of fused-ring (bicyclic) bond motifs is 1. The van der Waals surface area contributed by atoms with Gasteiger partial charge < -0.3 is 10.5 Å². The molecule has 0 saturated heterocycles. The summed E-state index contributed by atoms with van der Waals surface area (Å²) < 4.78 is 5.44. The number of halogens is 1. The maximum Gasteiger partial charge on any atom is 0.308 e. The number of esters is 1. The first kappa shape index (κ1) is 19.1. The van der Waals surface area contributed by atoms with E-state index in [9.17, 15) is 9.59 Å². The molecule has 0 aliphatic carbocycles. The van der Waals surface area contributed by atoms with Gasteiger partial charge in [-0.25, -0.2) is 0 Å². The molecule has 4 nitrogen and oxygen atoms in total. The van der Waals surface area contributed by atoms with Gasteiger partial charge in [-0.3, -0.25) is 9.59 Å². The van der Waals surface area contributed by atoms with Gasteiger partial charge in [-0.15, -0.1) is 0 Å². The fourth-order valence-corrected chi connectivity index (χ4v) is 3.46. The van der Waals surface area contributed by atoms with E-state index in [1.807, 2.05) is 30.3 Å². The van der Waals surface area contributed by atoms with Crippen molar-refractivity contribution in [3.63, 3.8) is 0 Å². The number of hydrogen-bond donors (Lipinski definition) is 1. The van der Waals surface area contributed by atoms with Crippen molar-refractivity contribution in [3.8, 4) is 5.75 Å². The van der Waals surface area contributed by atoms with Gasteiger partial charge in [-0.05, 0) is 34.5 Å². The molecule has 1 atom stereocenters. The average Bonchev–Trinajstić information content (AvgIpc) is 2.66. The van der Waals surface area contributed by atoms with Crippen molar-refractivity contribution in [1.82, 2.24) is 0 Å². The third-order valence-electron chi connectivity index (χ3n) is 4.60. The summed E-state index contributed by atoms with van der Waals surface area (Å²) in [6.07, 6.45) is 0.224. The van der Waals surface area contributed by atoms with E-state index in [0.717, 1.165) is 10.8 Å². The summed E-state index contributed by atoms with van der Waals surface area (Å²) >= 11 is 6.02. The minimum absolute atomic E-state index is 0.186. The van der Waals surface area contributed by atoms with Crippen molar-refractivity contribution >= 4 is 34.1 Å². The number of ether oxygens (including phenoxy) is 1. The Kier molecular flexibility index (Phi) is 5.31. The van der Waals surface area contributed by atoms with Crippen molar-refractivity contribution in [2.75, 3.05) is 0 Å². The topological polar surface area (TPSA) is 69.4 Å². The van der Waals surface area contributed by atoms with Crippen LogP contribution in [0.15, 0.2) is 60.7 Å². The van der Waals surface area contributed by atoms with E-state index in [4.69, 9.17) is 22.1 Å². The van der Waals surface area contributed by atoms with Crippen LogP contribution in [-0.4, -0.2) is 11.8 Å². The molecule has 0 aromatic heterocycles. The zero-order chi connectivity index (χ0) is 19.6. The van der Waals surface area contributed by atoms with Crippen LogP contribution in [-0.2, 0) is 15.1 Å². The summed E-state index contributed by atoms with van der Waals surface area (Å²) in [6, 6.07) is 17.9. The highest BCUT2D eigenvalue weighted by Crippen LogP contribution is 2.40. The molecule has 0 saturated carbocycles. The van der Waals surface area contributed by atoms with Crippen molar-refractivity contribution in [1.29, 1.82) is 0 Å². The van der Waals surface area contributed by atoms with Crippen LogP contribution in [0.3, 0.4) is 0 Å². The molecular formula is C22H20ClNO3. The number of Topliss-reactive ketones (excluding diaryl/α,β-unsaturated/α-hetero) is 1. The summed E-state index contributed by atoms with van der Waals surface area (Å²) in [6.45, 7) is 3.08. The maximum absolute atomic E-state index is 13.1. The normalized spacial score (nSPS) is 13.2. The number of hydrogen-bond acceptors (Lipinski definition) is 4. The van der Waals surface area contributed by atoms with Gasteiger partial charge in [0.15, 0.2) is 5.78 Å². The van der Waals surface area contributed by atoms with Gasteiger partial charge in [0.25, 0.3) is 0 Å². The van der Waals surface area contributed by atoms with Gasteiger partial charge in [0, 0.05) is 23.9 Å². The number of rotatable bonds is 5. The summed E-state index contributed by atoms with van der Waals surface area (Å²) in [5.41, 5.74) is 6.39. The number of benzene rings is 3. The van der Waals surface area contributed by atoms with Crippen LogP contribution < -0.4 is 10.5 Å². The van der Waals surface area contributed by atoms with Crippen molar-refractivity contribution in [2.24, 2.45) is 5.73 Å². The van der Waals surface area contributed by atoms with Crippen molar-refractivity contribution in [2.45, 2.75) is 25.8 Å². The first-order chi connectivity index (χ1) is 12.9. The van der Waals surface area contributed by atoms with E-state index >= 15 is 0 Å². The fourth-order valence-electron chi connectivity index (χ4n) is 3.33. The predicted octanol–water partition coefficient (Wildman–Crippen LogP) is 4.60. The van der Waals surface area contributed by atoms with Crippen molar-refractivity contribution in [3.05, 3.63) is 76.8 Å². The number of carbonyl (C=O) groups excluding carboxylic acids is 2. The minimum Gasteiger partial charge on any atom is -0.426 e. The van der Waals surface area contributed by atoms with Crippen LogP contribution >= 0.6 is 11.6 Å². The Hall–Kier alpha value is -2.69. The van der Waals surface area contributed by atoms with Crippen LogP contribution in [0.5, 0.6) is 5.75 Å². The van der Waals surface area contributed by atoms with E-state index in [0.29, 0.717) is 16.1 Å². The lowest BCUT2D eigenvalue weighted by atomic mass is 9.77. The molecule has 27 heavy (non-hydrogen) atoms. The van der Waals surface area contributed by atoms with E-state index in [2.05, 4.69) is 0 Å². The van der Waals surface area contributed by atoms with Crippen LogP contribution in [0, 0.1) is 0 Å². The molecule has 3 aromatic rings. The predicted molar refractivity (Wildman–Crippen MR) is 107 cm³/mol. The first-order valence-corrected chi connectivity index (χ1v) is 9.04. The number of nitrogens with two attached hydrogens (primary N) is 1. The molecular weight excluding hydrogens is 362 g/mol. The molecule has 3 aromatic carbocycles. The first-order valence-electron chi connectivity index (χ1n) is 8.66. The second-order valence-corrected chi connectivity index (χ2v) is 6.78.